The topological polar surface area (TPSA) is 67.4 Å². The minimum absolute atomic E-state index is 0.253. The number of benzene rings is 3. The average molecular weight is 402 g/mol. The number of aryl methyl sites for hydroxylation is 2. The van der Waals surface area contributed by atoms with Gasteiger partial charge in [-0.05, 0) is 61.7 Å². The standard InChI is InChI=1S/C25H26N2O3/c1-4-30-20-15-13-19(14-16-20)23(26-24(28)21-11-7-5-9-17(21)2)27-25(29)22-12-8-6-10-18(22)3/h5-16,23H,4H2,1-3H3,(H,26,28)(H,27,29). The van der Waals surface area contributed by atoms with Crippen LogP contribution in [-0.2, 0) is 0 Å². The molecule has 0 fully saturated rings. The van der Waals surface area contributed by atoms with E-state index in [0.717, 1.165) is 22.4 Å². The molecule has 0 aliphatic carbocycles. The van der Waals surface area contributed by atoms with Crippen LogP contribution >= 0.6 is 0 Å². The molecule has 0 atom stereocenters. The fraction of sp³-hybridized carbons (Fsp3) is 0.200. The molecular formula is C25H26N2O3. The fourth-order valence-electron chi connectivity index (χ4n) is 3.20. The van der Waals surface area contributed by atoms with E-state index in [4.69, 9.17) is 4.74 Å². The van der Waals surface area contributed by atoms with Gasteiger partial charge in [-0.25, -0.2) is 0 Å². The second-order valence-corrected chi connectivity index (χ2v) is 7.01. The highest BCUT2D eigenvalue weighted by molar-refractivity contribution is 5.98. The summed E-state index contributed by atoms with van der Waals surface area (Å²) in [6.07, 6.45) is -0.695. The molecule has 2 N–H and O–H groups in total. The number of carbonyl (C=O) groups excluding carboxylic acids is 2. The maximum Gasteiger partial charge on any atom is 0.253 e. The van der Waals surface area contributed by atoms with E-state index in [-0.39, 0.29) is 11.8 Å². The first-order valence-electron chi connectivity index (χ1n) is 9.95. The molecule has 0 saturated carbocycles. The van der Waals surface area contributed by atoms with Crippen LogP contribution in [0.5, 0.6) is 5.75 Å². The molecular weight excluding hydrogens is 376 g/mol. The van der Waals surface area contributed by atoms with E-state index < -0.39 is 6.17 Å². The van der Waals surface area contributed by atoms with Crippen molar-refractivity contribution in [3.05, 3.63) is 101 Å². The van der Waals surface area contributed by atoms with Crippen molar-refractivity contribution in [2.75, 3.05) is 6.61 Å². The van der Waals surface area contributed by atoms with Gasteiger partial charge in [-0.15, -0.1) is 0 Å². The first kappa shape index (κ1) is 21.1. The number of hydrogen-bond donors (Lipinski definition) is 2. The van der Waals surface area contributed by atoms with Gasteiger partial charge in [-0.2, -0.15) is 0 Å². The lowest BCUT2D eigenvalue weighted by atomic mass is 10.1. The lowest BCUT2D eigenvalue weighted by Gasteiger charge is -2.22. The molecule has 0 aliphatic heterocycles. The summed E-state index contributed by atoms with van der Waals surface area (Å²) in [4.78, 5) is 25.8. The number of ether oxygens (including phenoxy) is 1. The number of rotatable bonds is 7. The molecule has 0 radical (unpaired) electrons. The molecule has 0 spiro atoms. The Labute approximate surface area is 177 Å². The van der Waals surface area contributed by atoms with Crippen molar-refractivity contribution in [1.29, 1.82) is 0 Å². The van der Waals surface area contributed by atoms with Crippen LogP contribution in [0, 0.1) is 13.8 Å². The third-order valence-corrected chi connectivity index (χ3v) is 4.85. The van der Waals surface area contributed by atoms with Gasteiger partial charge in [0.15, 0.2) is 0 Å². The molecule has 5 nitrogen and oxygen atoms in total. The summed E-state index contributed by atoms with van der Waals surface area (Å²) in [6, 6.07) is 22.0. The molecule has 0 aliphatic rings. The van der Waals surface area contributed by atoms with E-state index >= 15 is 0 Å². The second-order valence-electron chi connectivity index (χ2n) is 7.01. The zero-order valence-corrected chi connectivity index (χ0v) is 17.4. The van der Waals surface area contributed by atoms with Crippen molar-refractivity contribution in [2.45, 2.75) is 26.9 Å². The smallest absolute Gasteiger partial charge is 0.253 e. The van der Waals surface area contributed by atoms with Gasteiger partial charge in [0.1, 0.15) is 11.9 Å². The molecule has 30 heavy (non-hydrogen) atoms. The predicted molar refractivity (Wildman–Crippen MR) is 118 cm³/mol. The average Bonchev–Trinajstić information content (AvgIpc) is 2.74. The molecule has 0 aromatic heterocycles. The molecule has 2 amide bonds. The van der Waals surface area contributed by atoms with E-state index in [1.54, 1.807) is 12.1 Å². The summed E-state index contributed by atoms with van der Waals surface area (Å²) >= 11 is 0. The first-order chi connectivity index (χ1) is 14.5. The van der Waals surface area contributed by atoms with Gasteiger partial charge >= 0.3 is 0 Å². The highest BCUT2D eigenvalue weighted by Gasteiger charge is 2.20. The summed E-state index contributed by atoms with van der Waals surface area (Å²) < 4.78 is 5.50. The normalized spacial score (nSPS) is 10.5. The minimum Gasteiger partial charge on any atom is -0.494 e. The van der Waals surface area contributed by atoms with E-state index in [2.05, 4.69) is 10.6 Å². The van der Waals surface area contributed by atoms with Gasteiger partial charge < -0.3 is 15.4 Å². The van der Waals surface area contributed by atoms with Gasteiger partial charge in [0.2, 0.25) is 0 Å². The Hall–Kier alpha value is -3.60. The predicted octanol–water partition coefficient (Wildman–Crippen LogP) is 4.56. The van der Waals surface area contributed by atoms with E-state index in [1.165, 1.54) is 0 Å². The zero-order chi connectivity index (χ0) is 21.5. The van der Waals surface area contributed by atoms with Crippen molar-refractivity contribution in [2.24, 2.45) is 0 Å². The maximum atomic E-state index is 12.9. The number of carbonyl (C=O) groups is 2. The van der Waals surface area contributed by atoms with Gasteiger partial charge in [0, 0.05) is 11.1 Å². The number of hydrogen-bond acceptors (Lipinski definition) is 3. The summed E-state index contributed by atoms with van der Waals surface area (Å²) in [6.45, 7) is 6.25. The highest BCUT2D eigenvalue weighted by atomic mass is 16.5. The van der Waals surface area contributed by atoms with Crippen molar-refractivity contribution >= 4 is 11.8 Å². The van der Waals surface area contributed by atoms with Crippen molar-refractivity contribution < 1.29 is 14.3 Å². The third-order valence-electron chi connectivity index (χ3n) is 4.85. The minimum atomic E-state index is -0.695. The Balaban J connectivity index is 1.88. The monoisotopic (exact) mass is 402 g/mol. The van der Waals surface area contributed by atoms with E-state index in [0.29, 0.717) is 17.7 Å². The van der Waals surface area contributed by atoms with Gasteiger partial charge in [-0.1, -0.05) is 48.5 Å². The largest absolute Gasteiger partial charge is 0.494 e. The summed E-state index contributed by atoms with van der Waals surface area (Å²) in [5.41, 5.74) is 3.62. The summed E-state index contributed by atoms with van der Waals surface area (Å²) in [7, 11) is 0. The van der Waals surface area contributed by atoms with Crippen molar-refractivity contribution in [3.8, 4) is 5.75 Å². The Bertz CT molecular complexity index is 969. The Morgan fingerprint density at radius 2 is 1.23 bits per heavy atom. The first-order valence-corrected chi connectivity index (χ1v) is 9.95. The van der Waals surface area contributed by atoms with Crippen LogP contribution in [0.25, 0.3) is 0 Å². The summed E-state index contributed by atoms with van der Waals surface area (Å²) in [5, 5.41) is 5.90. The molecule has 3 rings (SSSR count). The molecule has 5 heteroatoms. The van der Waals surface area contributed by atoms with Crippen LogP contribution in [0.4, 0.5) is 0 Å². The van der Waals surface area contributed by atoms with E-state index in [9.17, 15) is 9.59 Å². The van der Waals surface area contributed by atoms with E-state index in [1.807, 2.05) is 81.4 Å². The molecule has 3 aromatic rings. The van der Waals surface area contributed by atoms with Crippen LogP contribution in [0.3, 0.4) is 0 Å². The van der Waals surface area contributed by atoms with Gasteiger partial charge in [0.05, 0.1) is 6.61 Å². The molecule has 0 saturated heterocycles. The van der Waals surface area contributed by atoms with Crippen LogP contribution in [-0.4, -0.2) is 18.4 Å². The highest BCUT2D eigenvalue weighted by Crippen LogP contribution is 2.19. The van der Waals surface area contributed by atoms with Crippen LogP contribution in [0.15, 0.2) is 72.8 Å². The second kappa shape index (κ2) is 9.74. The molecule has 0 bridgehead atoms. The fourth-order valence-corrected chi connectivity index (χ4v) is 3.20. The lowest BCUT2D eigenvalue weighted by Crippen LogP contribution is -2.41. The molecule has 3 aromatic carbocycles. The summed E-state index contributed by atoms with van der Waals surface area (Å²) in [5.74, 6) is 0.226. The molecule has 0 heterocycles. The van der Waals surface area contributed by atoms with Crippen molar-refractivity contribution in [3.63, 3.8) is 0 Å². The SMILES string of the molecule is CCOc1ccc(C(NC(=O)c2ccccc2C)NC(=O)c2ccccc2C)cc1. The molecule has 154 valence electrons. The van der Waals surface area contributed by atoms with Crippen LogP contribution in [0.1, 0.15) is 50.5 Å². The Morgan fingerprint density at radius 1 is 0.767 bits per heavy atom. The third kappa shape index (κ3) is 5.06. The Kier molecular flexibility index (Phi) is 6.86. The van der Waals surface area contributed by atoms with Crippen LogP contribution < -0.4 is 15.4 Å². The Morgan fingerprint density at radius 3 is 1.67 bits per heavy atom. The molecule has 0 unspecified atom stereocenters. The number of nitrogens with one attached hydrogen (secondary N) is 2. The van der Waals surface area contributed by atoms with Gasteiger partial charge in [-0.3, -0.25) is 9.59 Å². The number of amides is 2. The lowest BCUT2D eigenvalue weighted by molar-refractivity contribution is 0.0883. The maximum absolute atomic E-state index is 12.9. The zero-order valence-electron chi connectivity index (χ0n) is 17.4. The van der Waals surface area contributed by atoms with Crippen molar-refractivity contribution in [1.82, 2.24) is 10.6 Å². The van der Waals surface area contributed by atoms with Crippen LogP contribution in [0.2, 0.25) is 0 Å². The van der Waals surface area contributed by atoms with Gasteiger partial charge in [0.25, 0.3) is 11.8 Å². The quantitative estimate of drug-likeness (QED) is 0.569.